The molecule has 3 heteroatoms. The summed E-state index contributed by atoms with van der Waals surface area (Å²) in [4.78, 5) is 11.3. The van der Waals surface area contributed by atoms with Crippen LogP contribution in [0.4, 0.5) is 0 Å². The van der Waals surface area contributed by atoms with Crippen LogP contribution in [0.1, 0.15) is 42.3 Å². The van der Waals surface area contributed by atoms with Gasteiger partial charge in [-0.3, -0.25) is 0 Å². The molecule has 0 fully saturated rings. The number of hydrogen-bond donors (Lipinski definition) is 0. The maximum atomic E-state index is 11.3. The van der Waals surface area contributed by atoms with E-state index in [1.54, 1.807) is 12.3 Å². The third kappa shape index (κ3) is 3.24. The molecule has 0 aliphatic heterocycles. The molecule has 0 saturated carbocycles. The number of ether oxygens (including phenoxy) is 1. The van der Waals surface area contributed by atoms with E-state index < -0.39 is 0 Å². The monoisotopic (exact) mass is 196 g/mol. The summed E-state index contributed by atoms with van der Waals surface area (Å²) >= 11 is 0. The zero-order valence-electron chi connectivity index (χ0n) is 8.71. The van der Waals surface area contributed by atoms with Crippen molar-refractivity contribution in [3.63, 3.8) is 0 Å². The van der Waals surface area contributed by atoms with Crippen LogP contribution in [0.3, 0.4) is 0 Å². The summed E-state index contributed by atoms with van der Waals surface area (Å²) in [7, 11) is 0. The first-order chi connectivity index (χ1) is 6.74. The number of rotatable bonds is 5. The van der Waals surface area contributed by atoms with E-state index in [0.717, 1.165) is 24.8 Å². The molecule has 0 bridgehead atoms. The highest BCUT2D eigenvalue weighted by molar-refractivity contribution is 5.86. The topological polar surface area (TPSA) is 39.4 Å². The van der Waals surface area contributed by atoms with Crippen LogP contribution in [-0.4, -0.2) is 12.6 Å². The van der Waals surface area contributed by atoms with Crippen LogP contribution in [0.25, 0.3) is 0 Å². The van der Waals surface area contributed by atoms with E-state index in [4.69, 9.17) is 9.15 Å². The van der Waals surface area contributed by atoms with Gasteiger partial charge in [0.25, 0.3) is 0 Å². The largest absolute Gasteiger partial charge is 0.460 e. The Morgan fingerprint density at radius 1 is 1.50 bits per heavy atom. The average Bonchev–Trinajstić information content (AvgIpc) is 2.59. The Balaban J connectivity index is 2.29. The minimum atomic E-state index is -0.366. The van der Waals surface area contributed by atoms with Gasteiger partial charge in [-0.2, -0.15) is 0 Å². The molecule has 1 aromatic heterocycles. The molecule has 0 unspecified atom stereocenters. The van der Waals surface area contributed by atoms with Gasteiger partial charge in [0.2, 0.25) is 5.76 Å². The van der Waals surface area contributed by atoms with E-state index >= 15 is 0 Å². The number of furan rings is 1. The SMILES string of the molecule is CCCCCOC(=O)c1cc(C)co1. The molecule has 0 atom stereocenters. The molecule has 14 heavy (non-hydrogen) atoms. The van der Waals surface area contributed by atoms with Crippen molar-refractivity contribution in [2.24, 2.45) is 0 Å². The van der Waals surface area contributed by atoms with Gasteiger partial charge in [-0.05, 0) is 25.0 Å². The smallest absolute Gasteiger partial charge is 0.374 e. The minimum Gasteiger partial charge on any atom is -0.460 e. The Morgan fingerprint density at radius 2 is 2.29 bits per heavy atom. The predicted molar refractivity (Wildman–Crippen MR) is 53.3 cm³/mol. The Labute approximate surface area is 84.1 Å². The third-order valence-corrected chi connectivity index (χ3v) is 1.91. The van der Waals surface area contributed by atoms with Crippen LogP contribution in [0.15, 0.2) is 16.7 Å². The number of carbonyl (C=O) groups is 1. The van der Waals surface area contributed by atoms with Gasteiger partial charge in [-0.25, -0.2) is 4.79 Å². The van der Waals surface area contributed by atoms with Gasteiger partial charge < -0.3 is 9.15 Å². The molecule has 0 aromatic carbocycles. The maximum Gasteiger partial charge on any atom is 0.374 e. The first-order valence-electron chi connectivity index (χ1n) is 4.96. The second kappa shape index (κ2) is 5.47. The van der Waals surface area contributed by atoms with E-state index in [9.17, 15) is 4.79 Å². The van der Waals surface area contributed by atoms with Crippen molar-refractivity contribution in [3.8, 4) is 0 Å². The molecule has 0 saturated heterocycles. The quantitative estimate of drug-likeness (QED) is 0.537. The predicted octanol–water partition coefficient (Wildman–Crippen LogP) is 2.94. The Hall–Kier alpha value is -1.25. The Morgan fingerprint density at radius 3 is 2.86 bits per heavy atom. The molecular weight excluding hydrogens is 180 g/mol. The number of aryl methyl sites for hydroxylation is 1. The van der Waals surface area contributed by atoms with Crippen LogP contribution in [0.5, 0.6) is 0 Å². The van der Waals surface area contributed by atoms with Crippen molar-refractivity contribution in [3.05, 3.63) is 23.7 Å². The number of carbonyl (C=O) groups excluding carboxylic acids is 1. The lowest BCUT2D eigenvalue weighted by Gasteiger charge is -2.00. The molecule has 0 N–H and O–H groups in total. The van der Waals surface area contributed by atoms with E-state index in [1.165, 1.54) is 0 Å². The van der Waals surface area contributed by atoms with E-state index in [0.29, 0.717) is 12.4 Å². The summed E-state index contributed by atoms with van der Waals surface area (Å²) in [6, 6.07) is 1.68. The first-order valence-corrected chi connectivity index (χ1v) is 4.96. The van der Waals surface area contributed by atoms with Crippen LogP contribution < -0.4 is 0 Å². The molecule has 3 nitrogen and oxygen atoms in total. The highest BCUT2D eigenvalue weighted by Crippen LogP contribution is 2.08. The number of unbranched alkanes of at least 4 members (excludes halogenated alkanes) is 2. The maximum absolute atomic E-state index is 11.3. The Bertz CT molecular complexity index is 288. The van der Waals surface area contributed by atoms with Crippen molar-refractivity contribution >= 4 is 5.97 Å². The van der Waals surface area contributed by atoms with Crippen LogP contribution in [-0.2, 0) is 4.74 Å². The van der Waals surface area contributed by atoms with Gasteiger partial charge in [-0.1, -0.05) is 19.8 Å². The molecule has 0 radical (unpaired) electrons. The number of esters is 1. The normalized spacial score (nSPS) is 10.1. The lowest BCUT2D eigenvalue weighted by Crippen LogP contribution is -2.05. The van der Waals surface area contributed by atoms with Crippen LogP contribution in [0, 0.1) is 6.92 Å². The zero-order chi connectivity index (χ0) is 10.4. The van der Waals surface area contributed by atoms with E-state index in [2.05, 4.69) is 6.92 Å². The van der Waals surface area contributed by atoms with Crippen molar-refractivity contribution in [1.29, 1.82) is 0 Å². The molecule has 0 amide bonds. The minimum absolute atomic E-state index is 0.291. The van der Waals surface area contributed by atoms with Gasteiger partial charge in [0.05, 0.1) is 12.9 Å². The zero-order valence-corrected chi connectivity index (χ0v) is 8.71. The summed E-state index contributed by atoms with van der Waals surface area (Å²) < 4.78 is 10.0. The van der Waals surface area contributed by atoms with Gasteiger partial charge >= 0.3 is 5.97 Å². The van der Waals surface area contributed by atoms with Crippen molar-refractivity contribution in [1.82, 2.24) is 0 Å². The summed E-state index contributed by atoms with van der Waals surface area (Å²) in [5.41, 5.74) is 0.936. The van der Waals surface area contributed by atoms with Crippen LogP contribution >= 0.6 is 0 Å². The molecule has 78 valence electrons. The van der Waals surface area contributed by atoms with Crippen LogP contribution in [0.2, 0.25) is 0 Å². The summed E-state index contributed by atoms with van der Waals surface area (Å²) in [6.45, 7) is 4.46. The second-order valence-electron chi connectivity index (χ2n) is 3.33. The standard InChI is InChI=1S/C11H16O3/c1-3-4-5-6-13-11(12)10-7-9(2)8-14-10/h7-8H,3-6H2,1-2H3. The van der Waals surface area contributed by atoms with Crippen molar-refractivity contribution in [2.75, 3.05) is 6.61 Å². The molecule has 0 spiro atoms. The average molecular weight is 196 g/mol. The molecule has 1 heterocycles. The summed E-state index contributed by atoms with van der Waals surface area (Å²) in [5.74, 6) is -0.0757. The molecule has 1 aromatic rings. The Kier molecular flexibility index (Phi) is 4.23. The molecular formula is C11H16O3. The van der Waals surface area contributed by atoms with Gasteiger partial charge in [0, 0.05) is 0 Å². The molecule has 0 aliphatic rings. The van der Waals surface area contributed by atoms with Gasteiger partial charge in [0.15, 0.2) is 0 Å². The highest BCUT2D eigenvalue weighted by Gasteiger charge is 2.10. The molecule has 1 rings (SSSR count). The van der Waals surface area contributed by atoms with Gasteiger partial charge in [0.1, 0.15) is 0 Å². The highest BCUT2D eigenvalue weighted by atomic mass is 16.5. The second-order valence-corrected chi connectivity index (χ2v) is 3.33. The number of hydrogen-bond acceptors (Lipinski definition) is 3. The molecule has 0 aliphatic carbocycles. The summed E-state index contributed by atoms with van der Waals surface area (Å²) in [6.07, 6.45) is 4.67. The van der Waals surface area contributed by atoms with E-state index in [-0.39, 0.29) is 5.97 Å². The fourth-order valence-electron chi connectivity index (χ4n) is 1.13. The van der Waals surface area contributed by atoms with Crippen molar-refractivity contribution < 1.29 is 13.9 Å². The lowest BCUT2D eigenvalue weighted by molar-refractivity contribution is 0.0462. The fraction of sp³-hybridized carbons (Fsp3) is 0.545. The third-order valence-electron chi connectivity index (χ3n) is 1.91. The first kappa shape index (κ1) is 10.8. The van der Waals surface area contributed by atoms with Crippen molar-refractivity contribution in [2.45, 2.75) is 33.1 Å². The van der Waals surface area contributed by atoms with Gasteiger partial charge in [-0.15, -0.1) is 0 Å². The summed E-state index contributed by atoms with van der Waals surface area (Å²) in [5, 5.41) is 0. The van der Waals surface area contributed by atoms with E-state index in [1.807, 2.05) is 6.92 Å². The fourth-order valence-corrected chi connectivity index (χ4v) is 1.13. The lowest BCUT2D eigenvalue weighted by atomic mass is 10.3.